The molecule has 2 saturated heterocycles. The second kappa shape index (κ2) is 7.39. The average molecular weight is 442 g/mol. The average Bonchev–Trinajstić information content (AvgIpc) is 3.35. The molecule has 1 aliphatic carbocycles. The molecule has 4 amide bonds. The molecule has 3 fully saturated rings. The smallest absolute Gasteiger partial charge is 0.325 e. The number of nitrogens with one attached hydrogen (secondary N) is 1. The first-order chi connectivity index (χ1) is 15.1. The molecule has 3 atom stereocenters. The highest BCUT2D eigenvalue weighted by molar-refractivity contribution is 6.04. The maximum atomic E-state index is 13.0. The molecular weight excluding hydrogens is 410 g/mol. The topological polar surface area (TPSA) is 88.2 Å². The van der Waals surface area contributed by atoms with Crippen LogP contribution >= 0.6 is 0 Å². The second-order valence-corrected chi connectivity index (χ2v) is 10.9. The second-order valence-electron chi connectivity index (χ2n) is 10.9. The number of likely N-dealkylation sites (tertiary alicyclic amines) is 1. The highest BCUT2D eigenvalue weighted by atomic mass is 16.7. The molecule has 3 aliphatic heterocycles. The van der Waals surface area contributed by atoms with Gasteiger partial charge in [-0.3, -0.25) is 14.5 Å². The van der Waals surface area contributed by atoms with Gasteiger partial charge in [0.1, 0.15) is 6.04 Å². The lowest BCUT2D eigenvalue weighted by atomic mass is 9.65. The quantitative estimate of drug-likeness (QED) is 0.710. The van der Waals surface area contributed by atoms with E-state index in [2.05, 4.69) is 26.1 Å². The van der Waals surface area contributed by atoms with Gasteiger partial charge in [0.25, 0.3) is 5.91 Å². The van der Waals surface area contributed by atoms with Crippen molar-refractivity contribution in [1.82, 2.24) is 15.1 Å². The monoisotopic (exact) mass is 441 g/mol. The number of ether oxygens (including phenoxy) is 2. The Morgan fingerprint density at radius 2 is 1.94 bits per heavy atom. The van der Waals surface area contributed by atoms with Crippen molar-refractivity contribution in [1.29, 1.82) is 0 Å². The number of benzene rings is 1. The van der Waals surface area contributed by atoms with Gasteiger partial charge in [0.15, 0.2) is 11.5 Å². The Hall–Kier alpha value is -2.77. The fourth-order valence-electron chi connectivity index (χ4n) is 6.31. The van der Waals surface area contributed by atoms with Crippen molar-refractivity contribution in [3.8, 4) is 11.5 Å². The van der Waals surface area contributed by atoms with Crippen LogP contribution in [0.4, 0.5) is 4.79 Å². The summed E-state index contributed by atoms with van der Waals surface area (Å²) in [6.07, 6.45) is 3.81. The van der Waals surface area contributed by atoms with Gasteiger partial charge in [-0.05, 0) is 54.2 Å². The summed E-state index contributed by atoms with van der Waals surface area (Å²) in [4.78, 5) is 41.6. The van der Waals surface area contributed by atoms with Crippen molar-refractivity contribution < 1.29 is 23.9 Å². The maximum Gasteiger partial charge on any atom is 0.325 e. The van der Waals surface area contributed by atoms with Gasteiger partial charge in [-0.1, -0.05) is 26.8 Å². The number of urea groups is 1. The van der Waals surface area contributed by atoms with Crippen LogP contribution < -0.4 is 14.8 Å². The van der Waals surface area contributed by atoms with Crippen molar-refractivity contribution in [2.75, 3.05) is 13.3 Å². The standard InChI is InChI=1S/C24H31N3O5/c1-23(2)9-16-10-24(3,12-23)13-27(16)20(28)7-5-17-21(29)26(22(30)25-17)11-15-4-6-18-19(8-15)32-14-31-18/h4,6,8,16-17H,5,7,9-14H2,1-3H3,(H,25,30)/t16-,17+,24-/m0/s1. The van der Waals surface area contributed by atoms with Crippen molar-refractivity contribution in [2.45, 2.75) is 71.5 Å². The third-order valence-electron chi connectivity index (χ3n) is 7.27. The largest absolute Gasteiger partial charge is 0.454 e. The van der Waals surface area contributed by atoms with Gasteiger partial charge in [-0.25, -0.2) is 4.79 Å². The van der Waals surface area contributed by atoms with Gasteiger partial charge < -0.3 is 19.7 Å². The molecule has 0 aromatic heterocycles. The predicted octanol–water partition coefficient (Wildman–Crippen LogP) is 3.04. The number of nitrogens with zero attached hydrogens (tertiary/aromatic N) is 2. The SMILES string of the molecule is CC1(C)C[C@H]2C[C@](C)(CN2C(=O)CC[C@H]2NC(=O)N(Cc3ccc4c(c3)OCO4)C2=O)C1. The molecule has 1 saturated carbocycles. The van der Waals surface area contributed by atoms with Crippen LogP contribution in [0.15, 0.2) is 18.2 Å². The zero-order chi connectivity index (χ0) is 22.7. The molecule has 1 aromatic rings. The first kappa shape index (κ1) is 21.1. The summed E-state index contributed by atoms with van der Waals surface area (Å²) in [5, 5.41) is 2.75. The van der Waals surface area contributed by atoms with E-state index in [9.17, 15) is 14.4 Å². The molecule has 2 bridgehead atoms. The minimum atomic E-state index is -0.658. The molecule has 32 heavy (non-hydrogen) atoms. The Labute approximate surface area is 188 Å². The number of hydrogen-bond donors (Lipinski definition) is 1. The summed E-state index contributed by atoms with van der Waals surface area (Å²) in [6.45, 7) is 7.98. The molecule has 3 heterocycles. The van der Waals surface area contributed by atoms with Crippen LogP contribution in [0.25, 0.3) is 0 Å². The van der Waals surface area contributed by atoms with E-state index in [1.807, 2.05) is 11.0 Å². The van der Waals surface area contributed by atoms with Crippen LogP contribution in [-0.2, 0) is 16.1 Å². The first-order valence-electron chi connectivity index (χ1n) is 11.4. The lowest BCUT2D eigenvalue weighted by Crippen LogP contribution is -2.39. The first-order valence-corrected chi connectivity index (χ1v) is 11.4. The Bertz CT molecular complexity index is 976. The highest BCUT2D eigenvalue weighted by Gasteiger charge is 2.51. The predicted molar refractivity (Wildman–Crippen MR) is 116 cm³/mol. The van der Waals surface area contributed by atoms with E-state index in [1.54, 1.807) is 12.1 Å². The zero-order valence-corrected chi connectivity index (χ0v) is 19.0. The molecule has 172 valence electrons. The number of imide groups is 1. The van der Waals surface area contributed by atoms with Gasteiger partial charge in [0.2, 0.25) is 12.7 Å². The highest BCUT2D eigenvalue weighted by Crippen LogP contribution is 2.52. The van der Waals surface area contributed by atoms with Crippen molar-refractivity contribution >= 4 is 17.8 Å². The van der Waals surface area contributed by atoms with E-state index in [0.717, 1.165) is 31.4 Å². The Morgan fingerprint density at radius 1 is 1.16 bits per heavy atom. The number of hydrogen-bond acceptors (Lipinski definition) is 5. The maximum absolute atomic E-state index is 13.0. The van der Waals surface area contributed by atoms with Crippen LogP contribution in [0.3, 0.4) is 0 Å². The normalized spacial score (nSPS) is 30.1. The minimum Gasteiger partial charge on any atom is -0.454 e. The van der Waals surface area contributed by atoms with Crippen molar-refractivity contribution in [2.24, 2.45) is 10.8 Å². The lowest BCUT2D eigenvalue weighted by molar-refractivity contribution is -0.133. The number of amides is 4. The molecule has 0 unspecified atom stereocenters. The van der Waals surface area contributed by atoms with Gasteiger partial charge in [0.05, 0.1) is 6.54 Å². The van der Waals surface area contributed by atoms with E-state index in [1.165, 1.54) is 4.90 Å². The Kier molecular flexibility index (Phi) is 4.87. The third kappa shape index (κ3) is 3.80. The Balaban J connectivity index is 1.18. The molecule has 1 N–H and O–H groups in total. The lowest BCUT2D eigenvalue weighted by Gasteiger charge is -2.39. The van der Waals surface area contributed by atoms with E-state index in [4.69, 9.17) is 9.47 Å². The number of rotatable bonds is 5. The molecular formula is C24H31N3O5. The number of carbonyl (C=O) groups excluding carboxylic acids is 3. The van der Waals surface area contributed by atoms with Crippen LogP contribution in [0, 0.1) is 10.8 Å². The third-order valence-corrected chi connectivity index (χ3v) is 7.27. The van der Waals surface area contributed by atoms with Gasteiger partial charge >= 0.3 is 6.03 Å². The molecule has 8 heteroatoms. The molecule has 4 aliphatic rings. The van der Waals surface area contributed by atoms with Gasteiger partial charge in [-0.15, -0.1) is 0 Å². The van der Waals surface area contributed by atoms with Gasteiger partial charge in [-0.2, -0.15) is 0 Å². The number of fused-ring (bicyclic) bond motifs is 3. The number of carbonyl (C=O) groups is 3. The molecule has 0 radical (unpaired) electrons. The summed E-state index contributed by atoms with van der Waals surface area (Å²) in [7, 11) is 0. The summed E-state index contributed by atoms with van der Waals surface area (Å²) in [5.74, 6) is 1.08. The van der Waals surface area contributed by atoms with Gasteiger partial charge in [0, 0.05) is 19.0 Å². The van der Waals surface area contributed by atoms with E-state index >= 15 is 0 Å². The van der Waals surface area contributed by atoms with E-state index in [0.29, 0.717) is 17.9 Å². The molecule has 5 rings (SSSR count). The summed E-state index contributed by atoms with van der Waals surface area (Å²) < 4.78 is 10.7. The van der Waals surface area contributed by atoms with Crippen molar-refractivity contribution in [3.63, 3.8) is 0 Å². The summed E-state index contributed by atoms with van der Waals surface area (Å²) >= 11 is 0. The minimum absolute atomic E-state index is 0.0905. The molecule has 1 aromatic carbocycles. The fraction of sp³-hybridized carbons (Fsp3) is 0.625. The fourth-order valence-corrected chi connectivity index (χ4v) is 6.31. The van der Waals surface area contributed by atoms with E-state index < -0.39 is 12.1 Å². The van der Waals surface area contributed by atoms with Crippen LogP contribution in [-0.4, -0.2) is 53.1 Å². The molecule has 8 nitrogen and oxygen atoms in total. The Morgan fingerprint density at radius 3 is 2.75 bits per heavy atom. The van der Waals surface area contributed by atoms with E-state index in [-0.39, 0.29) is 48.4 Å². The summed E-state index contributed by atoms with van der Waals surface area (Å²) in [5.41, 5.74) is 1.22. The summed E-state index contributed by atoms with van der Waals surface area (Å²) in [6, 6.07) is 4.59. The molecule has 0 spiro atoms. The van der Waals surface area contributed by atoms with Crippen LogP contribution in [0.5, 0.6) is 11.5 Å². The van der Waals surface area contributed by atoms with Crippen LogP contribution in [0.1, 0.15) is 58.4 Å². The zero-order valence-electron chi connectivity index (χ0n) is 19.0. The van der Waals surface area contributed by atoms with Crippen molar-refractivity contribution in [3.05, 3.63) is 23.8 Å². The van der Waals surface area contributed by atoms with Crippen LogP contribution in [0.2, 0.25) is 0 Å².